The van der Waals surface area contributed by atoms with E-state index < -0.39 is 20.4 Å². The van der Waals surface area contributed by atoms with Gasteiger partial charge in [-0.2, -0.15) is 0 Å². The zero-order chi connectivity index (χ0) is 10.2. The van der Waals surface area contributed by atoms with Gasteiger partial charge in [-0.3, -0.25) is 0 Å². The van der Waals surface area contributed by atoms with Crippen LogP contribution in [0.5, 0.6) is 0 Å². The van der Waals surface area contributed by atoms with Gasteiger partial charge in [0, 0.05) is 21.3 Å². The summed E-state index contributed by atoms with van der Waals surface area (Å²) in [7, 11) is 4.10. The van der Waals surface area contributed by atoms with E-state index in [4.69, 9.17) is 15.3 Å². The first-order valence-corrected chi connectivity index (χ1v) is 2.96. The molecule has 0 aliphatic carbocycles. The van der Waals surface area contributed by atoms with Crippen LogP contribution in [0.15, 0.2) is 0 Å². The fourth-order valence-corrected chi connectivity index (χ4v) is 0. The Bertz CT molecular complexity index is 32.6. The fraction of sp³-hybridized carbons (Fsp3) is 1.00. The first-order chi connectivity index (χ1) is 5.74. The van der Waals surface area contributed by atoms with Crippen molar-refractivity contribution < 1.29 is 65.1 Å². The molecule has 0 heterocycles. The molecule has 78 valence electrons. The van der Waals surface area contributed by atoms with Gasteiger partial charge in [0.25, 0.3) is 0 Å². The van der Waals surface area contributed by atoms with Gasteiger partial charge in [0.1, 0.15) is 0 Å². The molecule has 0 saturated carbocycles. The molecule has 0 aromatic heterocycles. The summed E-state index contributed by atoms with van der Waals surface area (Å²) in [6.07, 6.45) is 0. The zero-order valence-corrected chi connectivity index (χ0v) is 11.8. The van der Waals surface area contributed by atoms with E-state index in [1.807, 2.05) is 0 Å². The van der Waals surface area contributed by atoms with E-state index in [9.17, 15) is 0 Å². The summed E-state index contributed by atoms with van der Waals surface area (Å²) in [5, 5.41) is 27.2. The molecule has 6 nitrogen and oxygen atoms in total. The van der Waals surface area contributed by atoms with Crippen molar-refractivity contribution in [2.24, 2.45) is 0 Å². The molecule has 7 heteroatoms. The Labute approximate surface area is 106 Å². The van der Waals surface area contributed by atoms with Gasteiger partial charge in [-0.25, -0.2) is 0 Å². The van der Waals surface area contributed by atoms with Crippen LogP contribution in [-0.2, 0) is 14.2 Å². The second kappa shape index (κ2) is 38.3. The van der Waals surface area contributed by atoms with Crippen molar-refractivity contribution >= 4 is 0 Å². The molecular formula is C6H15LaO6. The van der Waals surface area contributed by atoms with Crippen LogP contribution >= 0.6 is 0 Å². The number of hydrogen-bond acceptors (Lipinski definition) is 6. The van der Waals surface area contributed by atoms with E-state index in [0.29, 0.717) is 0 Å². The van der Waals surface area contributed by atoms with Crippen molar-refractivity contribution in [1.29, 1.82) is 0 Å². The fourth-order valence-electron chi connectivity index (χ4n) is 0. The maximum Gasteiger partial charge on any atom is 3.00 e. The first kappa shape index (κ1) is 23.6. The van der Waals surface area contributed by atoms with E-state index in [1.165, 1.54) is 21.3 Å². The summed E-state index contributed by atoms with van der Waals surface area (Å²) in [5.41, 5.74) is 0. The van der Waals surface area contributed by atoms with Crippen LogP contribution in [0.4, 0.5) is 0 Å². The summed E-state index contributed by atoms with van der Waals surface area (Å²) >= 11 is 0. The van der Waals surface area contributed by atoms with Gasteiger partial charge < -0.3 is 29.5 Å². The Balaban J connectivity index is -0.0000000450. The third kappa shape index (κ3) is 99.4. The molecule has 0 atom stereocenters. The predicted octanol–water partition coefficient (Wildman–Crippen LogP) is -3.15. The van der Waals surface area contributed by atoms with Crippen molar-refractivity contribution in [2.75, 3.05) is 41.7 Å². The monoisotopic (exact) mass is 322 g/mol. The standard InChI is InChI=1S/3C2H5O2.La/c3*1-4-2-3;/h3*2H2,1H3;/q3*-1;+3. The van der Waals surface area contributed by atoms with Crippen molar-refractivity contribution in [2.45, 2.75) is 0 Å². The van der Waals surface area contributed by atoms with E-state index in [2.05, 4.69) is 14.2 Å². The number of rotatable bonds is 3. The van der Waals surface area contributed by atoms with Gasteiger partial charge in [-0.1, -0.05) is 0 Å². The normalized spacial score (nSPS) is 6.92. The molecule has 0 aliphatic heterocycles. The Kier molecular flexibility index (Phi) is 69.6. The molecule has 0 aromatic carbocycles. The molecule has 0 radical (unpaired) electrons. The molecule has 0 amide bonds. The maximum absolute atomic E-state index is 9.08. The van der Waals surface area contributed by atoms with E-state index in [-0.39, 0.29) is 35.6 Å². The summed E-state index contributed by atoms with van der Waals surface area (Å²) in [6.45, 7) is -1.29. The average molecular weight is 322 g/mol. The van der Waals surface area contributed by atoms with Gasteiger partial charge in [0.2, 0.25) is 0 Å². The van der Waals surface area contributed by atoms with Gasteiger partial charge >= 0.3 is 35.6 Å². The second-order valence-electron chi connectivity index (χ2n) is 1.22. The van der Waals surface area contributed by atoms with Gasteiger partial charge in [-0.05, 0) is 20.4 Å². The summed E-state index contributed by atoms with van der Waals surface area (Å²) in [6, 6.07) is 0. The van der Waals surface area contributed by atoms with Crippen LogP contribution in [0.3, 0.4) is 0 Å². The zero-order valence-electron chi connectivity index (χ0n) is 8.15. The van der Waals surface area contributed by atoms with E-state index in [1.54, 1.807) is 0 Å². The minimum Gasteiger partial charge on any atom is -0.834 e. The topological polar surface area (TPSA) is 96.9 Å². The summed E-state index contributed by atoms with van der Waals surface area (Å²) in [5.74, 6) is 0. The van der Waals surface area contributed by atoms with E-state index in [0.717, 1.165) is 0 Å². The third-order valence-electron chi connectivity index (χ3n) is 0.354. The quantitative estimate of drug-likeness (QED) is 0.509. The SMILES string of the molecule is COC[O-].COC[O-].COC[O-].[La+3]. The van der Waals surface area contributed by atoms with Crippen LogP contribution in [0.1, 0.15) is 0 Å². The second-order valence-corrected chi connectivity index (χ2v) is 1.22. The minimum atomic E-state index is -0.431. The Hall–Kier alpha value is 0.955. The Morgan fingerprint density at radius 1 is 0.692 bits per heavy atom. The van der Waals surface area contributed by atoms with Gasteiger partial charge in [-0.15, -0.1) is 0 Å². The molecule has 0 N–H and O–H groups in total. The molecule has 0 saturated heterocycles. The van der Waals surface area contributed by atoms with Crippen LogP contribution in [-0.4, -0.2) is 41.7 Å². The van der Waals surface area contributed by atoms with Crippen LogP contribution < -0.4 is 15.3 Å². The van der Waals surface area contributed by atoms with Gasteiger partial charge in [0.05, 0.1) is 0 Å². The predicted molar refractivity (Wildman–Crippen MR) is 35.6 cm³/mol. The molecule has 13 heavy (non-hydrogen) atoms. The van der Waals surface area contributed by atoms with Crippen LogP contribution in [0.25, 0.3) is 0 Å². The number of hydrogen-bond donors (Lipinski definition) is 0. The summed E-state index contributed by atoms with van der Waals surface area (Å²) < 4.78 is 12.0. The Morgan fingerprint density at radius 3 is 0.769 bits per heavy atom. The Morgan fingerprint density at radius 2 is 0.769 bits per heavy atom. The van der Waals surface area contributed by atoms with Crippen molar-refractivity contribution in [1.82, 2.24) is 0 Å². The van der Waals surface area contributed by atoms with E-state index >= 15 is 0 Å². The molecule has 0 bridgehead atoms. The smallest absolute Gasteiger partial charge is 0.834 e. The van der Waals surface area contributed by atoms with Gasteiger partial charge in [0.15, 0.2) is 0 Å². The van der Waals surface area contributed by atoms with Crippen LogP contribution in [0.2, 0.25) is 0 Å². The van der Waals surface area contributed by atoms with Crippen molar-refractivity contribution in [3.8, 4) is 0 Å². The molecule has 0 spiro atoms. The molecular weight excluding hydrogens is 307 g/mol. The third-order valence-corrected chi connectivity index (χ3v) is 0.354. The molecule has 0 aromatic rings. The molecule has 0 unspecified atom stereocenters. The maximum atomic E-state index is 9.08. The van der Waals surface area contributed by atoms with Crippen LogP contribution in [0, 0.1) is 35.6 Å². The summed E-state index contributed by atoms with van der Waals surface area (Å²) in [4.78, 5) is 0. The first-order valence-electron chi connectivity index (χ1n) is 2.96. The number of ether oxygens (including phenoxy) is 3. The van der Waals surface area contributed by atoms with Crippen molar-refractivity contribution in [3.05, 3.63) is 0 Å². The minimum absolute atomic E-state index is 0. The number of methoxy groups -OCH3 is 3. The largest absolute Gasteiger partial charge is 3.00 e. The molecule has 0 aliphatic rings. The molecule has 0 fully saturated rings. The molecule has 0 rings (SSSR count). The van der Waals surface area contributed by atoms with Crippen molar-refractivity contribution in [3.63, 3.8) is 0 Å². The average Bonchev–Trinajstić information content (AvgIpc) is 2.18.